The predicted molar refractivity (Wildman–Crippen MR) is 96.4 cm³/mol. The van der Waals surface area contributed by atoms with Gasteiger partial charge in [0, 0.05) is 42.5 Å². The third kappa shape index (κ3) is 3.15. The molecule has 5 heteroatoms. The van der Waals surface area contributed by atoms with E-state index in [4.69, 9.17) is 4.74 Å². The van der Waals surface area contributed by atoms with Crippen molar-refractivity contribution in [3.63, 3.8) is 0 Å². The second kappa shape index (κ2) is 6.69. The van der Waals surface area contributed by atoms with Crippen LogP contribution in [0.2, 0.25) is 0 Å². The van der Waals surface area contributed by atoms with E-state index in [1.165, 1.54) is 5.56 Å². The van der Waals surface area contributed by atoms with Crippen LogP contribution >= 0.6 is 0 Å². The van der Waals surface area contributed by atoms with Crippen molar-refractivity contribution in [1.29, 1.82) is 0 Å². The quantitative estimate of drug-likeness (QED) is 0.797. The number of nitrogens with one attached hydrogen (secondary N) is 1. The van der Waals surface area contributed by atoms with Crippen LogP contribution in [0.5, 0.6) is 0 Å². The fourth-order valence-corrected chi connectivity index (χ4v) is 3.55. The second-order valence-electron chi connectivity index (χ2n) is 6.61. The molecule has 1 aliphatic heterocycles. The smallest absolute Gasteiger partial charge is 0.253 e. The highest BCUT2D eigenvalue weighted by atomic mass is 16.5. The predicted octanol–water partition coefficient (Wildman–Crippen LogP) is 2.56. The zero-order valence-corrected chi connectivity index (χ0v) is 14.2. The Hall–Kier alpha value is -2.66. The maximum absolute atomic E-state index is 12.8. The first-order valence-corrected chi connectivity index (χ1v) is 8.54. The summed E-state index contributed by atoms with van der Waals surface area (Å²) in [5.74, 6) is 0.244. The molecule has 3 heterocycles. The van der Waals surface area contributed by atoms with E-state index in [-0.39, 0.29) is 17.9 Å². The Morgan fingerprint density at radius 3 is 2.88 bits per heavy atom. The molecule has 1 aromatic carbocycles. The monoisotopic (exact) mass is 335 g/mol. The molecular formula is C20H21N3O2. The van der Waals surface area contributed by atoms with Gasteiger partial charge in [0.2, 0.25) is 0 Å². The Morgan fingerprint density at radius 2 is 2.04 bits per heavy atom. The number of fused-ring (bicyclic) bond motifs is 1. The van der Waals surface area contributed by atoms with Crippen molar-refractivity contribution in [1.82, 2.24) is 14.9 Å². The lowest BCUT2D eigenvalue weighted by molar-refractivity contribution is 0.0926. The third-order valence-electron chi connectivity index (χ3n) is 4.90. The Balaban J connectivity index is 1.51. The SMILES string of the molecule is Cn1cc(C(=O)N[C@@H]2COC[C@H]2Cc2ccncc2)c2ccccc21. The lowest BCUT2D eigenvalue weighted by Gasteiger charge is -2.19. The minimum Gasteiger partial charge on any atom is -0.379 e. The summed E-state index contributed by atoms with van der Waals surface area (Å²) >= 11 is 0. The largest absolute Gasteiger partial charge is 0.379 e. The maximum atomic E-state index is 12.8. The molecule has 5 nitrogen and oxygen atoms in total. The molecule has 0 saturated carbocycles. The third-order valence-corrected chi connectivity index (χ3v) is 4.90. The molecule has 25 heavy (non-hydrogen) atoms. The summed E-state index contributed by atoms with van der Waals surface area (Å²) in [7, 11) is 1.96. The number of hydrogen-bond acceptors (Lipinski definition) is 3. The van der Waals surface area contributed by atoms with Crippen LogP contribution < -0.4 is 5.32 Å². The van der Waals surface area contributed by atoms with E-state index in [1.807, 2.05) is 54.2 Å². The van der Waals surface area contributed by atoms with E-state index in [1.54, 1.807) is 12.4 Å². The van der Waals surface area contributed by atoms with Gasteiger partial charge < -0.3 is 14.6 Å². The molecule has 2 aromatic heterocycles. The van der Waals surface area contributed by atoms with Gasteiger partial charge in [-0.3, -0.25) is 9.78 Å². The Labute approximate surface area is 146 Å². The van der Waals surface area contributed by atoms with Gasteiger partial charge >= 0.3 is 0 Å². The summed E-state index contributed by atoms with van der Waals surface area (Å²) in [5.41, 5.74) is 2.99. The summed E-state index contributed by atoms with van der Waals surface area (Å²) in [6, 6.07) is 12.0. The van der Waals surface area contributed by atoms with Crippen molar-refractivity contribution in [3.8, 4) is 0 Å². The van der Waals surface area contributed by atoms with Gasteiger partial charge in [0.05, 0.1) is 24.8 Å². The topological polar surface area (TPSA) is 56.2 Å². The number of nitrogens with zero attached hydrogens (tertiary/aromatic N) is 2. The molecule has 1 aliphatic rings. The van der Waals surface area contributed by atoms with Gasteiger partial charge in [-0.2, -0.15) is 0 Å². The second-order valence-corrected chi connectivity index (χ2v) is 6.61. The summed E-state index contributed by atoms with van der Waals surface area (Å²) in [6.07, 6.45) is 6.38. The molecule has 1 amide bonds. The number of aromatic nitrogens is 2. The summed E-state index contributed by atoms with van der Waals surface area (Å²) < 4.78 is 7.63. The van der Waals surface area contributed by atoms with Crippen molar-refractivity contribution in [2.24, 2.45) is 13.0 Å². The number of pyridine rings is 1. The lowest BCUT2D eigenvalue weighted by atomic mass is 9.95. The standard InChI is InChI=1S/C20H21N3O2/c1-23-11-17(16-4-2-3-5-19(16)23)20(24)22-18-13-25-12-15(18)10-14-6-8-21-9-7-14/h2-9,11,15,18H,10,12-13H2,1H3,(H,22,24)/t15-,18-/m1/s1. The first kappa shape index (κ1) is 15.8. The van der Waals surface area contributed by atoms with E-state index in [9.17, 15) is 4.79 Å². The van der Waals surface area contributed by atoms with Gasteiger partial charge in [0.15, 0.2) is 0 Å². The van der Waals surface area contributed by atoms with Crippen LogP contribution in [0, 0.1) is 5.92 Å². The van der Waals surface area contributed by atoms with Gasteiger partial charge in [-0.05, 0) is 30.2 Å². The van der Waals surface area contributed by atoms with Crippen LogP contribution in [-0.2, 0) is 18.2 Å². The van der Waals surface area contributed by atoms with E-state index >= 15 is 0 Å². The van der Waals surface area contributed by atoms with E-state index in [0.717, 1.165) is 17.3 Å². The number of ether oxygens (including phenoxy) is 1. The zero-order chi connectivity index (χ0) is 17.2. The Morgan fingerprint density at radius 1 is 1.24 bits per heavy atom. The normalized spacial score (nSPS) is 20.0. The van der Waals surface area contributed by atoms with Gasteiger partial charge in [0.1, 0.15) is 0 Å². The summed E-state index contributed by atoms with van der Waals surface area (Å²) in [6.45, 7) is 1.23. The summed E-state index contributed by atoms with van der Waals surface area (Å²) in [4.78, 5) is 16.9. The molecule has 0 spiro atoms. The minimum atomic E-state index is -0.0352. The molecule has 0 radical (unpaired) electrons. The van der Waals surface area contributed by atoms with Gasteiger partial charge in [-0.25, -0.2) is 0 Å². The Kier molecular flexibility index (Phi) is 4.24. The van der Waals surface area contributed by atoms with E-state index in [0.29, 0.717) is 18.8 Å². The molecule has 2 atom stereocenters. The number of para-hydroxylation sites is 1. The molecule has 1 N–H and O–H groups in total. The van der Waals surface area contributed by atoms with Crippen LogP contribution in [0.4, 0.5) is 0 Å². The van der Waals surface area contributed by atoms with Gasteiger partial charge in [0.25, 0.3) is 5.91 Å². The average Bonchev–Trinajstić information content (AvgIpc) is 3.21. The van der Waals surface area contributed by atoms with Crippen molar-refractivity contribution < 1.29 is 9.53 Å². The van der Waals surface area contributed by atoms with Crippen LogP contribution in [-0.4, -0.2) is 34.7 Å². The van der Waals surface area contributed by atoms with Crippen LogP contribution in [0.25, 0.3) is 10.9 Å². The number of benzene rings is 1. The molecule has 128 valence electrons. The molecule has 0 unspecified atom stereocenters. The van der Waals surface area contributed by atoms with Crippen LogP contribution in [0.3, 0.4) is 0 Å². The van der Waals surface area contributed by atoms with Crippen molar-refractivity contribution in [2.45, 2.75) is 12.5 Å². The first-order valence-electron chi connectivity index (χ1n) is 8.54. The van der Waals surface area contributed by atoms with Crippen LogP contribution in [0.1, 0.15) is 15.9 Å². The van der Waals surface area contributed by atoms with Gasteiger partial charge in [-0.1, -0.05) is 18.2 Å². The van der Waals surface area contributed by atoms with Crippen molar-refractivity contribution in [2.75, 3.05) is 13.2 Å². The fourth-order valence-electron chi connectivity index (χ4n) is 3.55. The molecule has 1 fully saturated rings. The van der Waals surface area contributed by atoms with Crippen molar-refractivity contribution in [3.05, 3.63) is 66.1 Å². The van der Waals surface area contributed by atoms with E-state index < -0.39 is 0 Å². The highest BCUT2D eigenvalue weighted by Gasteiger charge is 2.30. The number of aryl methyl sites for hydroxylation is 1. The van der Waals surface area contributed by atoms with Crippen LogP contribution in [0.15, 0.2) is 55.0 Å². The van der Waals surface area contributed by atoms with Gasteiger partial charge in [-0.15, -0.1) is 0 Å². The molecule has 3 aromatic rings. The molecular weight excluding hydrogens is 314 g/mol. The number of rotatable bonds is 4. The molecule has 0 aliphatic carbocycles. The fraction of sp³-hybridized carbons (Fsp3) is 0.300. The average molecular weight is 335 g/mol. The summed E-state index contributed by atoms with van der Waals surface area (Å²) in [5, 5.41) is 4.16. The van der Waals surface area contributed by atoms with Crippen molar-refractivity contribution >= 4 is 16.8 Å². The highest BCUT2D eigenvalue weighted by molar-refractivity contribution is 6.07. The number of carbonyl (C=O) groups excluding carboxylic acids is 1. The minimum absolute atomic E-state index is 0.0274. The number of carbonyl (C=O) groups is 1. The highest BCUT2D eigenvalue weighted by Crippen LogP contribution is 2.23. The molecule has 0 bridgehead atoms. The lowest BCUT2D eigenvalue weighted by Crippen LogP contribution is -2.40. The molecule has 4 rings (SSSR count). The number of hydrogen-bond donors (Lipinski definition) is 1. The number of amides is 1. The zero-order valence-electron chi connectivity index (χ0n) is 14.2. The van der Waals surface area contributed by atoms with E-state index in [2.05, 4.69) is 10.3 Å². The Bertz CT molecular complexity index is 888. The first-order chi connectivity index (χ1) is 12.2. The molecule has 1 saturated heterocycles. The maximum Gasteiger partial charge on any atom is 0.253 e.